The van der Waals surface area contributed by atoms with Gasteiger partial charge in [0.2, 0.25) is 5.92 Å². The molecule has 0 atom stereocenters. The zero-order valence-corrected chi connectivity index (χ0v) is 8.20. The smallest absolute Gasteiger partial charge is 0.207 e. The van der Waals surface area contributed by atoms with E-state index in [-0.39, 0.29) is 12.8 Å². The quantitative estimate of drug-likeness (QED) is 0.644. The molecule has 0 saturated heterocycles. The Labute approximate surface area is 78.9 Å². The van der Waals surface area contributed by atoms with Gasteiger partial charge < -0.3 is 0 Å². The Balaban J connectivity index is 2.61. The third-order valence-corrected chi connectivity index (χ3v) is 3.50. The van der Waals surface area contributed by atoms with Crippen molar-refractivity contribution in [1.29, 1.82) is 5.26 Å². The molecule has 0 unspecified atom stereocenters. The maximum atomic E-state index is 12.7. The molecule has 0 spiro atoms. The molecular weight excluding hydrogens is 228 g/mol. The van der Waals surface area contributed by atoms with E-state index < -0.39 is 11.3 Å². The van der Waals surface area contributed by atoms with Crippen LogP contribution in [0.5, 0.6) is 0 Å². The fourth-order valence-corrected chi connectivity index (χ4v) is 2.06. The molecule has 0 radical (unpaired) electrons. The van der Waals surface area contributed by atoms with Crippen LogP contribution in [-0.2, 0) is 0 Å². The summed E-state index contributed by atoms with van der Waals surface area (Å²) < 4.78 is 25.4. The summed E-state index contributed by atoms with van der Waals surface area (Å²) in [5.41, 5.74) is -0.540. The highest BCUT2D eigenvalue weighted by Crippen LogP contribution is 2.43. The van der Waals surface area contributed by atoms with Crippen molar-refractivity contribution in [3.63, 3.8) is 0 Å². The molecule has 1 aliphatic carbocycles. The van der Waals surface area contributed by atoms with Crippen molar-refractivity contribution >= 4 is 15.9 Å². The van der Waals surface area contributed by atoms with Crippen molar-refractivity contribution in [2.75, 3.05) is 5.33 Å². The maximum absolute atomic E-state index is 12.7. The first kappa shape index (κ1) is 9.91. The first-order chi connectivity index (χ1) is 5.54. The lowest BCUT2D eigenvalue weighted by atomic mass is 9.75. The van der Waals surface area contributed by atoms with Gasteiger partial charge in [0.25, 0.3) is 0 Å². The summed E-state index contributed by atoms with van der Waals surface area (Å²) in [6.07, 6.45) is 0.321. The van der Waals surface area contributed by atoms with E-state index in [1.165, 1.54) is 0 Å². The number of hydrogen-bond donors (Lipinski definition) is 0. The zero-order chi connectivity index (χ0) is 9.24. The second kappa shape index (κ2) is 3.29. The number of hydrogen-bond acceptors (Lipinski definition) is 1. The van der Waals surface area contributed by atoms with Crippen molar-refractivity contribution in [2.45, 2.75) is 31.6 Å². The average Bonchev–Trinajstić information content (AvgIpc) is 2.06. The van der Waals surface area contributed by atoms with E-state index in [2.05, 4.69) is 22.0 Å². The SMILES string of the molecule is N#CC1(CBr)CCC(F)(F)CC1. The molecular formula is C8H10BrF2N. The number of rotatable bonds is 1. The summed E-state index contributed by atoms with van der Waals surface area (Å²) in [5.74, 6) is -2.54. The molecule has 0 aromatic rings. The Kier molecular flexibility index (Phi) is 2.72. The van der Waals surface area contributed by atoms with Crippen LogP contribution < -0.4 is 0 Å². The number of halogens is 3. The number of alkyl halides is 3. The van der Waals surface area contributed by atoms with Gasteiger partial charge in [0.15, 0.2) is 0 Å². The number of nitriles is 1. The van der Waals surface area contributed by atoms with Crippen LogP contribution in [0.15, 0.2) is 0 Å². The lowest BCUT2D eigenvalue weighted by molar-refractivity contribution is -0.0526. The van der Waals surface area contributed by atoms with Crippen molar-refractivity contribution in [3.8, 4) is 6.07 Å². The van der Waals surface area contributed by atoms with E-state index in [0.29, 0.717) is 18.2 Å². The maximum Gasteiger partial charge on any atom is 0.248 e. The van der Waals surface area contributed by atoms with E-state index in [1.54, 1.807) is 0 Å². The van der Waals surface area contributed by atoms with Gasteiger partial charge in [-0.25, -0.2) is 8.78 Å². The summed E-state index contributed by atoms with van der Waals surface area (Å²) in [7, 11) is 0. The third-order valence-electron chi connectivity index (χ3n) is 2.43. The fourth-order valence-electron chi connectivity index (χ4n) is 1.37. The highest BCUT2D eigenvalue weighted by Gasteiger charge is 2.42. The Morgan fingerprint density at radius 1 is 1.25 bits per heavy atom. The van der Waals surface area contributed by atoms with Gasteiger partial charge in [0.05, 0.1) is 11.5 Å². The second-order valence-corrected chi connectivity index (χ2v) is 3.94. The topological polar surface area (TPSA) is 23.8 Å². The molecule has 1 nitrogen and oxygen atoms in total. The summed E-state index contributed by atoms with van der Waals surface area (Å²) in [5, 5.41) is 9.29. The van der Waals surface area contributed by atoms with Gasteiger partial charge in [-0.3, -0.25) is 0 Å². The molecule has 68 valence electrons. The van der Waals surface area contributed by atoms with Crippen molar-refractivity contribution < 1.29 is 8.78 Å². The molecule has 12 heavy (non-hydrogen) atoms. The molecule has 0 aromatic carbocycles. The van der Waals surface area contributed by atoms with E-state index >= 15 is 0 Å². The summed E-state index contributed by atoms with van der Waals surface area (Å²) >= 11 is 3.20. The van der Waals surface area contributed by atoms with Gasteiger partial charge in [0.1, 0.15) is 0 Å². The Morgan fingerprint density at radius 2 is 1.75 bits per heavy atom. The van der Waals surface area contributed by atoms with E-state index in [4.69, 9.17) is 5.26 Å². The van der Waals surface area contributed by atoms with Crippen molar-refractivity contribution in [3.05, 3.63) is 0 Å². The summed E-state index contributed by atoms with van der Waals surface area (Å²) in [6.45, 7) is 0. The molecule has 4 heteroatoms. The molecule has 1 rings (SSSR count). The monoisotopic (exact) mass is 237 g/mol. The highest BCUT2D eigenvalue weighted by molar-refractivity contribution is 9.09. The molecule has 0 aromatic heterocycles. The van der Waals surface area contributed by atoms with Gasteiger partial charge in [-0.15, -0.1) is 0 Å². The molecule has 0 amide bonds. The molecule has 0 heterocycles. The van der Waals surface area contributed by atoms with Crippen LogP contribution in [0.1, 0.15) is 25.7 Å². The predicted molar refractivity (Wildman–Crippen MR) is 45.3 cm³/mol. The number of nitrogens with zero attached hydrogens (tertiary/aromatic N) is 1. The van der Waals surface area contributed by atoms with Crippen LogP contribution in [0.3, 0.4) is 0 Å². The molecule has 1 saturated carbocycles. The minimum atomic E-state index is -2.54. The van der Waals surface area contributed by atoms with Crippen LogP contribution in [0.4, 0.5) is 8.78 Å². The van der Waals surface area contributed by atoms with Gasteiger partial charge in [-0.2, -0.15) is 5.26 Å². The van der Waals surface area contributed by atoms with Gasteiger partial charge in [0, 0.05) is 18.2 Å². The van der Waals surface area contributed by atoms with E-state index in [9.17, 15) is 8.78 Å². The van der Waals surface area contributed by atoms with E-state index in [0.717, 1.165) is 0 Å². The normalized spacial score (nSPS) is 26.2. The molecule has 1 aliphatic rings. The first-order valence-corrected chi connectivity index (χ1v) is 5.01. The summed E-state index contributed by atoms with van der Waals surface area (Å²) in [6, 6.07) is 2.12. The molecule has 0 aliphatic heterocycles. The molecule has 0 N–H and O–H groups in total. The second-order valence-electron chi connectivity index (χ2n) is 3.38. The Bertz CT molecular complexity index is 200. The molecule has 0 bridgehead atoms. The van der Waals surface area contributed by atoms with Crippen molar-refractivity contribution in [1.82, 2.24) is 0 Å². The van der Waals surface area contributed by atoms with Crippen LogP contribution >= 0.6 is 15.9 Å². The lowest BCUT2D eigenvalue weighted by Crippen LogP contribution is -2.33. The highest BCUT2D eigenvalue weighted by atomic mass is 79.9. The average molecular weight is 238 g/mol. The van der Waals surface area contributed by atoms with Crippen LogP contribution in [0.25, 0.3) is 0 Å². The van der Waals surface area contributed by atoms with Gasteiger partial charge in [-0.05, 0) is 12.8 Å². The van der Waals surface area contributed by atoms with E-state index in [1.807, 2.05) is 0 Å². The Morgan fingerprint density at radius 3 is 2.08 bits per heavy atom. The van der Waals surface area contributed by atoms with Gasteiger partial charge >= 0.3 is 0 Å². The zero-order valence-electron chi connectivity index (χ0n) is 6.62. The first-order valence-electron chi connectivity index (χ1n) is 3.89. The predicted octanol–water partition coefficient (Wildman–Crippen LogP) is 3.10. The third kappa shape index (κ3) is 1.95. The molecule has 1 fully saturated rings. The summed E-state index contributed by atoms with van der Waals surface area (Å²) in [4.78, 5) is 0. The van der Waals surface area contributed by atoms with Crippen LogP contribution in [0, 0.1) is 16.7 Å². The van der Waals surface area contributed by atoms with Crippen LogP contribution in [0.2, 0.25) is 0 Å². The van der Waals surface area contributed by atoms with Gasteiger partial charge in [-0.1, -0.05) is 15.9 Å². The minimum Gasteiger partial charge on any atom is -0.207 e. The lowest BCUT2D eigenvalue weighted by Gasteiger charge is -2.33. The van der Waals surface area contributed by atoms with Crippen molar-refractivity contribution in [2.24, 2.45) is 5.41 Å². The van der Waals surface area contributed by atoms with Crippen LogP contribution in [-0.4, -0.2) is 11.3 Å². The minimum absolute atomic E-state index is 0.147. The standard InChI is InChI=1S/C8H10BrF2N/c9-5-7(6-12)1-3-8(10,11)4-2-7/h1-5H2. The largest absolute Gasteiger partial charge is 0.248 e. The fraction of sp³-hybridized carbons (Fsp3) is 0.875. The Hall–Kier alpha value is -0.170.